The highest BCUT2D eigenvalue weighted by molar-refractivity contribution is 5.89. The molecule has 1 aliphatic heterocycles. The van der Waals surface area contributed by atoms with Crippen LogP contribution in [0.1, 0.15) is 39.2 Å². The summed E-state index contributed by atoms with van der Waals surface area (Å²) in [4.78, 5) is 14.5. The highest BCUT2D eigenvalue weighted by Crippen LogP contribution is 2.18. The Kier molecular flexibility index (Phi) is 6.63. The normalized spacial score (nSPS) is 16.8. The topological polar surface area (TPSA) is 64.6 Å². The lowest BCUT2D eigenvalue weighted by Crippen LogP contribution is -2.40. The summed E-state index contributed by atoms with van der Waals surface area (Å²) < 4.78 is 0. The zero-order chi connectivity index (χ0) is 17.6. The molecule has 1 heterocycles. The number of hydrogen-bond acceptors (Lipinski definition) is 3. The Bertz CT molecular complexity index is 534. The molecule has 2 rings (SSSR count). The van der Waals surface area contributed by atoms with Crippen LogP contribution in [-0.4, -0.2) is 48.3 Å². The van der Waals surface area contributed by atoms with E-state index in [0.29, 0.717) is 0 Å². The molecule has 1 saturated heterocycles. The molecule has 1 aliphatic rings. The van der Waals surface area contributed by atoms with Crippen molar-refractivity contribution in [2.45, 2.75) is 46.1 Å². The maximum Gasteiger partial charge on any atom is 0.319 e. The van der Waals surface area contributed by atoms with E-state index in [0.717, 1.165) is 18.7 Å². The van der Waals surface area contributed by atoms with Gasteiger partial charge >= 0.3 is 6.03 Å². The van der Waals surface area contributed by atoms with Gasteiger partial charge in [-0.3, -0.25) is 0 Å². The molecular formula is C19H31N3O2. The van der Waals surface area contributed by atoms with E-state index >= 15 is 0 Å². The second-order valence-electron chi connectivity index (χ2n) is 7.72. The van der Waals surface area contributed by atoms with Crippen molar-refractivity contribution < 1.29 is 9.90 Å². The van der Waals surface area contributed by atoms with Gasteiger partial charge in [0.05, 0.1) is 6.10 Å². The maximum atomic E-state index is 12.0. The van der Waals surface area contributed by atoms with Crippen molar-refractivity contribution in [3.63, 3.8) is 0 Å². The number of nitrogens with one attached hydrogen (secondary N) is 2. The van der Waals surface area contributed by atoms with Crippen LogP contribution in [-0.2, 0) is 6.42 Å². The number of likely N-dealkylation sites (tertiary alicyclic amines) is 1. The molecule has 0 saturated carbocycles. The van der Waals surface area contributed by atoms with Gasteiger partial charge in [0, 0.05) is 18.8 Å². The van der Waals surface area contributed by atoms with Gasteiger partial charge in [0.15, 0.2) is 0 Å². The number of aliphatic hydroxyl groups is 1. The average molecular weight is 333 g/mol. The molecule has 0 aliphatic carbocycles. The number of amides is 2. The van der Waals surface area contributed by atoms with Crippen LogP contribution < -0.4 is 10.6 Å². The molecule has 1 atom stereocenters. The Morgan fingerprint density at radius 3 is 2.67 bits per heavy atom. The van der Waals surface area contributed by atoms with Crippen LogP contribution in [0, 0.1) is 5.41 Å². The largest absolute Gasteiger partial charge is 0.391 e. The first kappa shape index (κ1) is 18.7. The number of carbonyl (C=O) groups is 1. The molecule has 3 N–H and O–H groups in total. The van der Waals surface area contributed by atoms with Crippen molar-refractivity contribution >= 4 is 11.7 Å². The fourth-order valence-corrected chi connectivity index (χ4v) is 2.77. The molecule has 1 aromatic rings. The summed E-state index contributed by atoms with van der Waals surface area (Å²) in [6.45, 7) is 9.56. The molecule has 0 aromatic heterocycles. The zero-order valence-corrected chi connectivity index (χ0v) is 15.1. The Morgan fingerprint density at radius 1 is 1.29 bits per heavy atom. The molecule has 0 spiro atoms. The first-order valence-corrected chi connectivity index (χ1v) is 8.89. The van der Waals surface area contributed by atoms with E-state index in [1.165, 1.54) is 31.5 Å². The monoisotopic (exact) mass is 333 g/mol. The molecule has 5 nitrogen and oxygen atoms in total. The third-order valence-corrected chi connectivity index (χ3v) is 4.56. The summed E-state index contributed by atoms with van der Waals surface area (Å²) in [6.07, 6.45) is 3.04. The SMILES string of the molecule is CC(C)(C)C(O)CNC(=O)Nc1cccc(CCN2CCCC2)c1. The second-order valence-corrected chi connectivity index (χ2v) is 7.72. The predicted molar refractivity (Wildman–Crippen MR) is 98.3 cm³/mol. The molecule has 24 heavy (non-hydrogen) atoms. The number of anilines is 1. The Balaban J connectivity index is 1.79. The minimum absolute atomic E-state index is 0.240. The number of carbonyl (C=O) groups excluding carboxylic acids is 1. The number of rotatable bonds is 6. The molecule has 2 amide bonds. The number of hydrogen-bond donors (Lipinski definition) is 3. The Hall–Kier alpha value is -1.59. The van der Waals surface area contributed by atoms with Crippen LogP contribution in [0.3, 0.4) is 0 Å². The molecule has 134 valence electrons. The number of urea groups is 1. The van der Waals surface area contributed by atoms with Gasteiger partial charge < -0.3 is 20.6 Å². The molecule has 5 heteroatoms. The smallest absolute Gasteiger partial charge is 0.319 e. The first-order chi connectivity index (χ1) is 11.3. The zero-order valence-electron chi connectivity index (χ0n) is 15.1. The van der Waals surface area contributed by atoms with Crippen LogP contribution in [0.2, 0.25) is 0 Å². The lowest BCUT2D eigenvalue weighted by Gasteiger charge is -2.25. The molecule has 1 fully saturated rings. The van der Waals surface area contributed by atoms with Crippen molar-refractivity contribution in [3.05, 3.63) is 29.8 Å². The standard InChI is InChI=1S/C19H31N3O2/c1-19(2,3)17(23)14-20-18(24)21-16-8-6-7-15(13-16)9-12-22-10-4-5-11-22/h6-8,13,17,23H,4-5,9-12,14H2,1-3H3,(H2,20,21,24). The van der Waals surface area contributed by atoms with E-state index in [9.17, 15) is 9.90 Å². The maximum absolute atomic E-state index is 12.0. The van der Waals surface area contributed by atoms with E-state index in [1.807, 2.05) is 39.0 Å². The van der Waals surface area contributed by atoms with Gasteiger partial charge in [-0.1, -0.05) is 32.9 Å². The lowest BCUT2D eigenvalue weighted by atomic mass is 9.89. The third kappa shape index (κ3) is 6.13. The Labute approximate surface area is 145 Å². The van der Waals surface area contributed by atoms with E-state index in [4.69, 9.17) is 0 Å². The van der Waals surface area contributed by atoms with Crippen molar-refractivity contribution in [3.8, 4) is 0 Å². The number of benzene rings is 1. The van der Waals surface area contributed by atoms with E-state index in [-0.39, 0.29) is 18.0 Å². The Morgan fingerprint density at radius 2 is 2.00 bits per heavy atom. The van der Waals surface area contributed by atoms with E-state index in [2.05, 4.69) is 21.6 Å². The van der Waals surface area contributed by atoms with Crippen LogP contribution >= 0.6 is 0 Å². The highest BCUT2D eigenvalue weighted by Gasteiger charge is 2.22. The van der Waals surface area contributed by atoms with Gasteiger partial charge in [-0.2, -0.15) is 0 Å². The minimum atomic E-state index is -0.574. The van der Waals surface area contributed by atoms with E-state index < -0.39 is 6.10 Å². The van der Waals surface area contributed by atoms with Gasteiger partial charge in [0.2, 0.25) is 0 Å². The molecule has 1 unspecified atom stereocenters. The quantitative estimate of drug-likeness (QED) is 0.750. The first-order valence-electron chi connectivity index (χ1n) is 8.89. The molecular weight excluding hydrogens is 302 g/mol. The molecule has 0 radical (unpaired) electrons. The third-order valence-electron chi connectivity index (χ3n) is 4.56. The highest BCUT2D eigenvalue weighted by atomic mass is 16.3. The van der Waals surface area contributed by atoms with Crippen LogP contribution in [0.25, 0.3) is 0 Å². The van der Waals surface area contributed by atoms with Gasteiger partial charge in [-0.15, -0.1) is 0 Å². The van der Waals surface area contributed by atoms with Crippen molar-refractivity contribution in [1.29, 1.82) is 0 Å². The fourth-order valence-electron chi connectivity index (χ4n) is 2.77. The van der Waals surface area contributed by atoms with Crippen molar-refractivity contribution in [2.75, 3.05) is 31.5 Å². The van der Waals surface area contributed by atoms with Gasteiger partial charge in [-0.05, 0) is 55.5 Å². The van der Waals surface area contributed by atoms with Crippen molar-refractivity contribution in [2.24, 2.45) is 5.41 Å². The van der Waals surface area contributed by atoms with E-state index in [1.54, 1.807) is 0 Å². The summed E-state index contributed by atoms with van der Waals surface area (Å²) in [5, 5.41) is 15.5. The average Bonchev–Trinajstić information content (AvgIpc) is 3.03. The summed E-state index contributed by atoms with van der Waals surface area (Å²) in [6, 6.07) is 7.70. The molecule has 1 aromatic carbocycles. The van der Waals surface area contributed by atoms with Gasteiger partial charge in [0.1, 0.15) is 0 Å². The van der Waals surface area contributed by atoms with Gasteiger partial charge in [-0.25, -0.2) is 4.79 Å². The predicted octanol–water partition coefficient (Wildman–Crippen LogP) is 2.85. The molecule has 0 bridgehead atoms. The number of aliphatic hydroxyl groups excluding tert-OH is 1. The summed E-state index contributed by atoms with van der Waals surface area (Å²) in [5.41, 5.74) is 1.77. The van der Waals surface area contributed by atoms with Crippen LogP contribution in [0.4, 0.5) is 10.5 Å². The summed E-state index contributed by atoms with van der Waals surface area (Å²) in [5.74, 6) is 0. The summed E-state index contributed by atoms with van der Waals surface area (Å²) >= 11 is 0. The number of nitrogens with zero attached hydrogens (tertiary/aromatic N) is 1. The minimum Gasteiger partial charge on any atom is -0.391 e. The van der Waals surface area contributed by atoms with Gasteiger partial charge in [0.25, 0.3) is 0 Å². The summed E-state index contributed by atoms with van der Waals surface area (Å²) in [7, 11) is 0. The van der Waals surface area contributed by atoms with Crippen LogP contribution in [0.15, 0.2) is 24.3 Å². The lowest BCUT2D eigenvalue weighted by molar-refractivity contribution is 0.0654. The van der Waals surface area contributed by atoms with Crippen LogP contribution in [0.5, 0.6) is 0 Å². The van der Waals surface area contributed by atoms with Crippen molar-refractivity contribution in [1.82, 2.24) is 10.2 Å². The fraction of sp³-hybridized carbons (Fsp3) is 0.632. The second kappa shape index (κ2) is 8.49.